The number of carbonyl (C=O) groups excluding carboxylic acids is 1. The summed E-state index contributed by atoms with van der Waals surface area (Å²) < 4.78 is 4.28. The van der Waals surface area contributed by atoms with E-state index in [1.807, 2.05) is 0 Å². The molecule has 0 aliphatic carbocycles. The predicted molar refractivity (Wildman–Crippen MR) is 41.6 cm³/mol. The van der Waals surface area contributed by atoms with E-state index < -0.39 is 12.1 Å². The Labute approximate surface area is 70.0 Å². The molecule has 0 radical (unpaired) electrons. The predicted octanol–water partition coefficient (Wildman–Crippen LogP) is -0.246. The summed E-state index contributed by atoms with van der Waals surface area (Å²) in [7, 11) is 0. The summed E-state index contributed by atoms with van der Waals surface area (Å²) in [5.41, 5.74) is 0. The van der Waals surface area contributed by atoms with Crippen LogP contribution in [0, 0.1) is 0 Å². The van der Waals surface area contributed by atoms with Crippen molar-refractivity contribution in [2.45, 2.75) is 18.9 Å². The molecule has 3 N–H and O–H groups in total. The van der Waals surface area contributed by atoms with Gasteiger partial charge in [-0.1, -0.05) is 6.08 Å². The van der Waals surface area contributed by atoms with Crippen LogP contribution in [0.3, 0.4) is 0 Å². The van der Waals surface area contributed by atoms with Gasteiger partial charge in [-0.3, -0.25) is 4.79 Å². The van der Waals surface area contributed by atoms with Crippen molar-refractivity contribution in [2.24, 2.45) is 0 Å². The molecule has 1 atom stereocenters. The number of rotatable bonds is 6. The maximum Gasteiger partial charge on any atom is 0.345 e. The van der Waals surface area contributed by atoms with Crippen LogP contribution in [0.15, 0.2) is 12.7 Å². The Kier molecular flexibility index (Phi) is 8.55. The molecular weight excluding hydrogens is 164 g/mol. The summed E-state index contributed by atoms with van der Waals surface area (Å²) >= 11 is 0. The van der Waals surface area contributed by atoms with Crippen LogP contribution in [-0.2, 0) is 14.3 Å². The van der Waals surface area contributed by atoms with Gasteiger partial charge in [0.25, 0.3) is 6.47 Å². The molecular formula is C7H12O5. The normalized spacial score (nSPS) is 10.7. The molecule has 5 heteroatoms. The molecule has 0 saturated heterocycles. The van der Waals surface area contributed by atoms with Gasteiger partial charge in [0.15, 0.2) is 6.10 Å². The maximum absolute atomic E-state index is 10.3. The van der Waals surface area contributed by atoms with Gasteiger partial charge >= 0.3 is 5.97 Å². The van der Waals surface area contributed by atoms with Crippen molar-refractivity contribution in [3.05, 3.63) is 12.7 Å². The third-order valence-corrected chi connectivity index (χ3v) is 1.13. The van der Waals surface area contributed by atoms with Gasteiger partial charge in [0.1, 0.15) is 0 Å². The highest BCUT2D eigenvalue weighted by atomic mass is 16.5. The monoisotopic (exact) mass is 176 g/mol. The molecule has 0 aliphatic heterocycles. The average Bonchev–Trinajstić information content (AvgIpc) is 1.97. The van der Waals surface area contributed by atoms with Crippen LogP contribution in [0.2, 0.25) is 0 Å². The van der Waals surface area contributed by atoms with Crippen LogP contribution in [0.4, 0.5) is 0 Å². The molecule has 0 aliphatic rings. The minimum atomic E-state index is -1.13. The molecule has 70 valence electrons. The van der Waals surface area contributed by atoms with E-state index in [1.54, 1.807) is 6.08 Å². The highest BCUT2D eigenvalue weighted by Crippen LogP contribution is 2.01. The van der Waals surface area contributed by atoms with Gasteiger partial charge in [0.2, 0.25) is 0 Å². The van der Waals surface area contributed by atoms with Crippen LogP contribution < -0.4 is 0 Å². The highest BCUT2D eigenvalue weighted by Gasteiger charge is 2.16. The lowest BCUT2D eigenvalue weighted by molar-refractivity contribution is -0.156. The summed E-state index contributed by atoms with van der Waals surface area (Å²) in [5.74, 6) is -1.13. The lowest BCUT2D eigenvalue weighted by atomic mass is 10.2. The number of carbonyl (C=O) groups is 2. The lowest BCUT2D eigenvalue weighted by Crippen LogP contribution is -2.22. The van der Waals surface area contributed by atoms with Crippen molar-refractivity contribution in [1.29, 1.82) is 0 Å². The number of ether oxygens (including phenoxy) is 1. The van der Waals surface area contributed by atoms with E-state index in [2.05, 4.69) is 11.3 Å². The fraction of sp³-hybridized carbons (Fsp3) is 0.429. The fourth-order valence-electron chi connectivity index (χ4n) is 0.586. The second-order valence-electron chi connectivity index (χ2n) is 1.93. The number of carboxylic acid groups (broad SMARTS) is 1. The Bertz CT molecular complexity index is 154. The second kappa shape index (κ2) is 7.74. The van der Waals surface area contributed by atoms with Crippen molar-refractivity contribution < 1.29 is 24.9 Å². The summed E-state index contributed by atoms with van der Waals surface area (Å²) in [6.45, 7) is 3.56. The standard InChI is InChI=1S/C7H10O4.H2O/c1-2-3-4-6(7(9)10)11-5-8;/h2,5-6H,1,3-4H2,(H,9,10);1H2. The first-order valence-corrected chi connectivity index (χ1v) is 3.15. The Balaban J connectivity index is 0. The zero-order chi connectivity index (χ0) is 8.69. The van der Waals surface area contributed by atoms with Gasteiger partial charge < -0.3 is 15.3 Å². The van der Waals surface area contributed by atoms with E-state index in [1.165, 1.54) is 0 Å². The van der Waals surface area contributed by atoms with E-state index in [-0.39, 0.29) is 18.4 Å². The van der Waals surface area contributed by atoms with Gasteiger partial charge in [-0.25, -0.2) is 4.79 Å². The second-order valence-corrected chi connectivity index (χ2v) is 1.93. The first-order valence-electron chi connectivity index (χ1n) is 3.15. The zero-order valence-corrected chi connectivity index (χ0v) is 6.53. The van der Waals surface area contributed by atoms with Crippen LogP contribution in [0.25, 0.3) is 0 Å². The van der Waals surface area contributed by atoms with E-state index >= 15 is 0 Å². The largest absolute Gasteiger partial charge is 0.479 e. The first kappa shape index (κ1) is 13.2. The van der Waals surface area contributed by atoms with E-state index in [4.69, 9.17) is 5.11 Å². The molecule has 1 unspecified atom stereocenters. The third kappa shape index (κ3) is 5.43. The summed E-state index contributed by atoms with van der Waals surface area (Å²) in [5, 5.41) is 8.41. The van der Waals surface area contributed by atoms with Crippen molar-refractivity contribution in [1.82, 2.24) is 0 Å². The van der Waals surface area contributed by atoms with Crippen molar-refractivity contribution in [3.8, 4) is 0 Å². The SMILES string of the molecule is C=CCCC(OC=O)C(=O)O.O. The third-order valence-electron chi connectivity index (χ3n) is 1.13. The minimum absolute atomic E-state index is 0. The van der Waals surface area contributed by atoms with Gasteiger partial charge in [-0.15, -0.1) is 6.58 Å². The molecule has 0 aromatic rings. The van der Waals surface area contributed by atoms with Gasteiger partial charge in [-0.2, -0.15) is 0 Å². The van der Waals surface area contributed by atoms with Gasteiger partial charge in [0.05, 0.1) is 0 Å². The molecule has 0 aromatic carbocycles. The summed E-state index contributed by atoms with van der Waals surface area (Å²) in [4.78, 5) is 20.0. The van der Waals surface area contributed by atoms with Crippen LogP contribution in [0.1, 0.15) is 12.8 Å². The molecule has 0 heterocycles. The van der Waals surface area contributed by atoms with Gasteiger partial charge in [0, 0.05) is 0 Å². The highest BCUT2D eigenvalue weighted by molar-refractivity contribution is 5.73. The minimum Gasteiger partial charge on any atom is -0.479 e. The molecule has 0 aromatic heterocycles. The molecule has 0 rings (SSSR count). The zero-order valence-electron chi connectivity index (χ0n) is 6.53. The number of allylic oxidation sites excluding steroid dienone is 1. The van der Waals surface area contributed by atoms with Crippen molar-refractivity contribution in [2.75, 3.05) is 0 Å². The number of aliphatic carboxylic acids is 1. The van der Waals surface area contributed by atoms with Crippen molar-refractivity contribution >= 4 is 12.4 Å². The number of hydrogen-bond donors (Lipinski definition) is 1. The van der Waals surface area contributed by atoms with Crippen LogP contribution in [0.5, 0.6) is 0 Å². The summed E-state index contributed by atoms with van der Waals surface area (Å²) in [6, 6.07) is 0. The van der Waals surface area contributed by atoms with E-state index in [0.29, 0.717) is 6.42 Å². The average molecular weight is 176 g/mol. The molecule has 12 heavy (non-hydrogen) atoms. The van der Waals surface area contributed by atoms with Crippen LogP contribution >= 0.6 is 0 Å². The Morgan fingerprint density at radius 1 is 1.67 bits per heavy atom. The first-order chi connectivity index (χ1) is 5.22. The summed E-state index contributed by atoms with van der Waals surface area (Å²) in [6.07, 6.45) is 1.33. The molecule has 0 amide bonds. The quantitative estimate of drug-likeness (QED) is 0.446. The molecule has 5 nitrogen and oxygen atoms in total. The van der Waals surface area contributed by atoms with Gasteiger partial charge in [-0.05, 0) is 12.8 Å². The Hall–Kier alpha value is -1.36. The van der Waals surface area contributed by atoms with E-state index in [0.717, 1.165) is 0 Å². The molecule has 0 spiro atoms. The maximum atomic E-state index is 10.3. The van der Waals surface area contributed by atoms with Crippen molar-refractivity contribution in [3.63, 3.8) is 0 Å². The fourth-order valence-corrected chi connectivity index (χ4v) is 0.586. The Morgan fingerprint density at radius 2 is 2.25 bits per heavy atom. The number of hydrogen-bond acceptors (Lipinski definition) is 3. The topological polar surface area (TPSA) is 95.1 Å². The molecule has 0 bridgehead atoms. The molecule has 0 saturated carbocycles. The molecule has 0 fully saturated rings. The number of carboxylic acids is 1. The van der Waals surface area contributed by atoms with E-state index in [9.17, 15) is 9.59 Å². The van der Waals surface area contributed by atoms with Crippen LogP contribution in [-0.4, -0.2) is 29.1 Å². The Morgan fingerprint density at radius 3 is 2.58 bits per heavy atom. The lowest BCUT2D eigenvalue weighted by Gasteiger charge is -2.07. The smallest absolute Gasteiger partial charge is 0.345 e.